The largest absolute Gasteiger partial charge is 0.408 e. The van der Waals surface area contributed by atoms with Gasteiger partial charge in [-0.25, -0.2) is 15.0 Å². The molecule has 44 heavy (non-hydrogen) atoms. The molecular weight excluding hydrogens is 543 g/mol. The summed E-state index contributed by atoms with van der Waals surface area (Å²) in [5, 5.41) is 9.03. The average molecular weight is 570 g/mol. The van der Waals surface area contributed by atoms with Gasteiger partial charge in [-0.2, -0.15) is 0 Å². The average Bonchev–Trinajstić information content (AvgIpc) is 3.66. The van der Waals surface area contributed by atoms with E-state index in [2.05, 4.69) is 117 Å². The zero-order valence-electron chi connectivity index (χ0n) is 24.2. The van der Waals surface area contributed by atoms with Gasteiger partial charge in [-0.15, -0.1) is 0 Å². The lowest BCUT2D eigenvalue weighted by Gasteiger charge is -2.30. The molecule has 9 heteroatoms. The Morgan fingerprint density at radius 3 is 2.23 bits per heavy atom. The van der Waals surface area contributed by atoms with Crippen LogP contribution in [0.2, 0.25) is 6.82 Å². The number of nitrogens with zero attached hydrogens (tertiary/aromatic N) is 6. The number of aromatic nitrogens is 3. The first-order valence-electron chi connectivity index (χ1n) is 14.8. The molecule has 7 aromatic rings. The Bertz CT molecular complexity index is 2430. The summed E-state index contributed by atoms with van der Waals surface area (Å²) in [6.45, 7) is 1.97. The quantitative estimate of drug-likeness (QED) is 0.241. The molecule has 0 radical (unpaired) electrons. The summed E-state index contributed by atoms with van der Waals surface area (Å²) >= 11 is 0. The molecule has 8 nitrogen and oxygen atoms in total. The van der Waals surface area contributed by atoms with Crippen LogP contribution < -0.4 is 16.2 Å². The number of H-pyrrole nitrogens is 1. The SMILES string of the molecule is CB(Nc1cccc2cccnc12)N1C2=Nc3c4ccccc4c(n3C)N=c3[nH]c(c4ccccc34)=NC1c1ccccc12. The third-order valence-corrected chi connectivity index (χ3v) is 8.80. The van der Waals surface area contributed by atoms with E-state index in [4.69, 9.17) is 20.0 Å². The number of anilines is 1. The number of fused-ring (bicyclic) bond motifs is 16. The molecule has 0 fully saturated rings. The predicted molar refractivity (Wildman–Crippen MR) is 177 cm³/mol. The highest BCUT2D eigenvalue weighted by Gasteiger charge is 2.40. The number of nitrogens with one attached hydrogen (secondary N) is 2. The van der Waals surface area contributed by atoms with E-state index < -0.39 is 0 Å². The molecule has 0 amide bonds. The second-order valence-corrected chi connectivity index (χ2v) is 11.4. The lowest BCUT2D eigenvalue weighted by Crippen LogP contribution is -2.46. The van der Waals surface area contributed by atoms with Gasteiger partial charge in [0.15, 0.2) is 0 Å². The predicted octanol–water partition coefficient (Wildman–Crippen LogP) is 6.41. The summed E-state index contributed by atoms with van der Waals surface area (Å²) in [6.07, 6.45) is 1.50. The summed E-state index contributed by atoms with van der Waals surface area (Å²) in [6, 6.07) is 35.4. The van der Waals surface area contributed by atoms with E-state index in [1.807, 2.05) is 25.4 Å². The normalized spacial score (nSPS) is 15.3. The maximum Gasteiger partial charge on any atom is 0.372 e. The van der Waals surface area contributed by atoms with E-state index in [1.165, 1.54) is 0 Å². The Kier molecular flexibility index (Phi) is 5.31. The molecular formula is C35H27BN8. The Morgan fingerprint density at radius 2 is 1.41 bits per heavy atom. The zero-order chi connectivity index (χ0) is 29.4. The lowest BCUT2D eigenvalue weighted by atomic mass is 9.76. The van der Waals surface area contributed by atoms with Crippen LogP contribution in [0.1, 0.15) is 17.3 Å². The minimum absolute atomic E-state index is 0.193. The first kappa shape index (κ1) is 24.9. The number of rotatable bonds is 3. The van der Waals surface area contributed by atoms with Gasteiger partial charge in [0.2, 0.25) is 0 Å². The van der Waals surface area contributed by atoms with Crippen LogP contribution in [0.3, 0.4) is 0 Å². The van der Waals surface area contributed by atoms with Crippen molar-refractivity contribution in [1.29, 1.82) is 0 Å². The van der Waals surface area contributed by atoms with Crippen molar-refractivity contribution in [2.24, 2.45) is 22.0 Å². The van der Waals surface area contributed by atoms with E-state index in [0.29, 0.717) is 0 Å². The van der Waals surface area contributed by atoms with Crippen LogP contribution in [-0.4, -0.2) is 32.2 Å². The molecule has 1 unspecified atom stereocenters. The smallest absolute Gasteiger partial charge is 0.372 e. The fourth-order valence-corrected chi connectivity index (χ4v) is 6.76. The number of hydrogen-bond donors (Lipinski definition) is 2. The fraction of sp³-hybridized carbons (Fsp3) is 0.0857. The van der Waals surface area contributed by atoms with Crippen LogP contribution in [0.5, 0.6) is 0 Å². The van der Waals surface area contributed by atoms with Gasteiger partial charge in [0.05, 0.1) is 11.2 Å². The van der Waals surface area contributed by atoms with Crippen LogP contribution in [0.15, 0.2) is 124 Å². The van der Waals surface area contributed by atoms with Crippen molar-refractivity contribution in [3.8, 4) is 0 Å². The number of aromatic amines is 1. The van der Waals surface area contributed by atoms with Crippen molar-refractivity contribution in [2.45, 2.75) is 13.0 Å². The van der Waals surface area contributed by atoms with Crippen LogP contribution in [0, 0.1) is 0 Å². The minimum atomic E-state index is -0.337. The number of pyridine rings is 1. The van der Waals surface area contributed by atoms with Gasteiger partial charge in [-0.3, -0.25) is 4.98 Å². The second kappa shape index (κ2) is 9.41. The highest BCUT2D eigenvalue weighted by Crippen LogP contribution is 2.41. The number of benzene rings is 4. The maximum absolute atomic E-state index is 5.47. The Morgan fingerprint density at radius 1 is 0.727 bits per heavy atom. The molecule has 0 saturated carbocycles. The van der Waals surface area contributed by atoms with Crippen LogP contribution in [0.4, 0.5) is 17.3 Å². The maximum atomic E-state index is 5.47. The van der Waals surface area contributed by atoms with Gasteiger partial charge < -0.3 is 19.6 Å². The van der Waals surface area contributed by atoms with E-state index in [0.717, 1.165) is 77.7 Å². The van der Waals surface area contributed by atoms with E-state index >= 15 is 0 Å². The zero-order valence-corrected chi connectivity index (χ0v) is 24.2. The molecule has 4 aromatic carbocycles. The molecule has 3 aromatic heterocycles. The van der Waals surface area contributed by atoms with Crippen LogP contribution >= 0.6 is 0 Å². The van der Waals surface area contributed by atoms with E-state index in [1.54, 1.807) is 0 Å². The number of para-hydroxylation sites is 1. The number of aliphatic imine (C=N–C) groups is 1. The highest BCUT2D eigenvalue weighted by molar-refractivity contribution is 6.62. The first-order valence-corrected chi connectivity index (χ1v) is 14.8. The van der Waals surface area contributed by atoms with Crippen LogP contribution in [0.25, 0.3) is 32.4 Å². The summed E-state index contributed by atoms with van der Waals surface area (Å²) in [7, 11) is 2.05. The summed E-state index contributed by atoms with van der Waals surface area (Å²) in [4.78, 5) is 26.7. The summed E-state index contributed by atoms with van der Waals surface area (Å²) in [5.74, 6) is 2.56. The Balaban J connectivity index is 1.36. The first-order chi connectivity index (χ1) is 21.7. The van der Waals surface area contributed by atoms with Crippen molar-refractivity contribution in [2.75, 3.05) is 5.23 Å². The molecule has 1 atom stereocenters. The van der Waals surface area contributed by atoms with Crippen molar-refractivity contribution in [3.05, 3.63) is 131 Å². The lowest BCUT2D eigenvalue weighted by molar-refractivity contribution is 0.492. The van der Waals surface area contributed by atoms with Crippen molar-refractivity contribution in [1.82, 2.24) is 19.3 Å². The second-order valence-electron chi connectivity index (χ2n) is 11.4. The van der Waals surface area contributed by atoms with Gasteiger partial charge in [-0.05, 0) is 19.0 Å². The molecule has 9 rings (SSSR count). The summed E-state index contributed by atoms with van der Waals surface area (Å²) in [5.41, 5.74) is 5.64. The fourth-order valence-electron chi connectivity index (χ4n) is 6.76. The van der Waals surface area contributed by atoms with Gasteiger partial charge in [0.1, 0.15) is 34.6 Å². The Labute approximate surface area is 253 Å². The highest BCUT2D eigenvalue weighted by atomic mass is 15.3. The topological polar surface area (TPSA) is 86.0 Å². The van der Waals surface area contributed by atoms with E-state index in [-0.39, 0.29) is 13.1 Å². The molecule has 0 aliphatic carbocycles. The third kappa shape index (κ3) is 3.59. The summed E-state index contributed by atoms with van der Waals surface area (Å²) < 4.78 is 2.10. The van der Waals surface area contributed by atoms with Gasteiger partial charge in [0.25, 0.3) is 0 Å². The van der Waals surface area contributed by atoms with Crippen molar-refractivity contribution in [3.63, 3.8) is 0 Å². The molecule has 0 saturated heterocycles. The van der Waals surface area contributed by atoms with Gasteiger partial charge in [-0.1, -0.05) is 91.0 Å². The number of hydrogen-bond acceptors (Lipinski definition) is 6. The minimum Gasteiger partial charge on any atom is -0.408 e. The molecule has 210 valence electrons. The number of amidine groups is 1. The third-order valence-electron chi connectivity index (χ3n) is 8.80. The van der Waals surface area contributed by atoms with Gasteiger partial charge >= 0.3 is 6.98 Å². The molecule has 2 aliphatic heterocycles. The van der Waals surface area contributed by atoms with Crippen molar-refractivity contribution < 1.29 is 0 Å². The molecule has 5 heterocycles. The van der Waals surface area contributed by atoms with Crippen molar-refractivity contribution >= 4 is 62.6 Å². The van der Waals surface area contributed by atoms with Crippen LogP contribution in [-0.2, 0) is 7.05 Å². The molecule has 2 aliphatic rings. The standard InChI is InChI=1S/C35H27BN8/c1-36(42-28-19-9-11-21-12-10-20-37-29(21)28)44-34-26-17-7-8-18-27(26)35(44)41-33-25-16-6-5-15-24(25)32(43(33)2)39-30-22-13-3-4-14-23(22)31(38-30)40-34/h3-20,34,42H,1-2H3,(H,38,39,40). The van der Waals surface area contributed by atoms with Gasteiger partial charge in [0, 0.05) is 51.3 Å². The molecule has 0 spiro atoms. The molecule has 2 N–H and O–H groups in total. The van der Waals surface area contributed by atoms with E-state index in [9.17, 15) is 0 Å². The monoisotopic (exact) mass is 570 g/mol. The molecule has 6 bridgehead atoms. The Hall–Kier alpha value is -5.70.